The van der Waals surface area contributed by atoms with Crippen LogP contribution in [0.25, 0.3) is 0 Å². The van der Waals surface area contributed by atoms with Gasteiger partial charge < -0.3 is 14.8 Å². The number of carbonyl (C=O) groups is 2. The van der Waals surface area contributed by atoms with Crippen LogP contribution in [0.4, 0.5) is 5.82 Å². The summed E-state index contributed by atoms with van der Waals surface area (Å²) in [5.74, 6) is 0.445. The number of anilines is 1. The van der Waals surface area contributed by atoms with Crippen LogP contribution in [0.5, 0.6) is 0 Å². The Morgan fingerprint density at radius 2 is 2.14 bits per heavy atom. The summed E-state index contributed by atoms with van der Waals surface area (Å²) in [6, 6.07) is 5.61. The van der Waals surface area contributed by atoms with Crippen molar-refractivity contribution in [2.75, 3.05) is 18.4 Å². The fourth-order valence-electron chi connectivity index (χ4n) is 2.78. The van der Waals surface area contributed by atoms with Gasteiger partial charge in [-0.25, -0.2) is 0 Å². The molecule has 0 aromatic carbocycles. The third-order valence-corrected chi connectivity index (χ3v) is 3.90. The quantitative estimate of drug-likeness (QED) is 0.928. The summed E-state index contributed by atoms with van der Waals surface area (Å²) in [5.41, 5.74) is 0.694. The Bertz CT molecular complexity index is 702. The monoisotopic (exact) mass is 301 g/mol. The first-order valence-electron chi connectivity index (χ1n) is 7.28. The summed E-state index contributed by atoms with van der Waals surface area (Å²) in [6.07, 6.45) is 4.57. The maximum Gasteiger partial charge on any atom is 0.270 e. The third kappa shape index (κ3) is 2.74. The molecule has 116 valence electrons. The van der Waals surface area contributed by atoms with E-state index in [1.165, 1.54) is 6.92 Å². The minimum atomic E-state index is -0.141. The second kappa shape index (κ2) is 5.67. The molecule has 2 aromatic rings. The van der Waals surface area contributed by atoms with Crippen molar-refractivity contribution >= 4 is 17.6 Å². The van der Waals surface area contributed by atoms with E-state index in [0.717, 1.165) is 6.42 Å². The molecule has 1 aliphatic heterocycles. The Hall–Kier alpha value is -2.57. The van der Waals surface area contributed by atoms with Gasteiger partial charge in [-0.2, -0.15) is 5.10 Å². The van der Waals surface area contributed by atoms with E-state index in [1.807, 2.05) is 45.7 Å². The number of hydrogen-bond donors (Lipinski definition) is 1. The Kier molecular flexibility index (Phi) is 3.70. The van der Waals surface area contributed by atoms with Gasteiger partial charge in [0.05, 0.1) is 6.04 Å². The molecule has 22 heavy (non-hydrogen) atoms. The van der Waals surface area contributed by atoms with Gasteiger partial charge in [-0.15, -0.1) is 0 Å². The van der Waals surface area contributed by atoms with E-state index in [2.05, 4.69) is 10.4 Å². The fraction of sp³-hybridized carbons (Fsp3) is 0.400. The molecule has 1 saturated heterocycles. The Morgan fingerprint density at radius 1 is 1.32 bits per heavy atom. The maximum atomic E-state index is 12.5. The molecule has 0 aliphatic carbocycles. The topological polar surface area (TPSA) is 72.2 Å². The predicted octanol–water partition coefficient (Wildman–Crippen LogP) is 1.27. The molecule has 0 spiro atoms. The number of nitrogens with one attached hydrogen (secondary N) is 1. The number of likely N-dealkylation sites (tertiary alicyclic amines) is 1. The summed E-state index contributed by atoms with van der Waals surface area (Å²) in [5, 5.41) is 7.01. The SMILES string of the molecule is CC(=O)Nc1ccn([C@H]2CCN(C(=O)c3cccn3C)C2)n1. The van der Waals surface area contributed by atoms with Crippen molar-refractivity contribution in [3.05, 3.63) is 36.3 Å². The molecular weight excluding hydrogens is 282 g/mol. The molecule has 1 atom stereocenters. The van der Waals surface area contributed by atoms with Gasteiger partial charge >= 0.3 is 0 Å². The molecule has 1 fully saturated rings. The molecule has 0 unspecified atom stereocenters. The van der Waals surface area contributed by atoms with Crippen molar-refractivity contribution in [3.63, 3.8) is 0 Å². The van der Waals surface area contributed by atoms with Crippen LogP contribution in [0.3, 0.4) is 0 Å². The second-order valence-corrected chi connectivity index (χ2v) is 5.56. The zero-order valence-electron chi connectivity index (χ0n) is 12.7. The average Bonchev–Trinajstić information content (AvgIpc) is 3.16. The highest BCUT2D eigenvalue weighted by Gasteiger charge is 2.29. The molecule has 3 heterocycles. The molecule has 7 nitrogen and oxygen atoms in total. The van der Waals surface area contributed by atoms with Crippen LogP contribution in [0, 0.1) is 0 Å². The Morgan fingerprint density at radius 3 is 2.82 bits per heavy atom. The van der Waals surface area contributed by atoms with Gasteiger partial charge in [0, 0.05) is 45.5 Å². The van der Waals surface area contributed by atoms with E-state index in [4.69, 9.17) is 0 Å². The van der Waals surface area contributed by atoms with Gasteiger partial charge in [-0.05, 0) is 18.6 Å². The zero-order chi connectivity index (χ0) is 15.7. The lowest BCUT2D eigenvalue weighted by Crippen LogP contribution is -2.30. The molecule has 1 aliphatic rings. The minimum Gasteiger partial charge on any atom is -0.347 e. The summed E-state index contributed by atoms with van der Waals surface area (Å²) < 4.78 is 3.65. The molecule has 7 heteroatoms. The van der Waals surface area contributed by atoms with Crippen LogP contribution >= 0.6 is 0 Å². The number of nitrogens with zero attached hydrogens (tertiary/aromatic N) is 4. The first-order valence-corrected chi connectivity index (χ1v) is 7.28. The lowest BCUT2D eigenvalue weighted by Gasteiger charge is -2.17. The summed E-state index contributed by atoms with van der Waals surface area (Å²) in [7, 11) is 1.87. The zero-order valence-corrected chi connectivity index (χ0v) is 12.7. The van der Waals surface area contributed by atoms with Gasteiger partial charge in [-0.3, -0.25) is 14.3 Å². The molecule has 0 radical (unpaired) electrons. The van der Waals surface area contributed by atoms with Crippen molar-refractivity contribution in [2.24, 2.45) is 7.05 Å². The number of rotatable bonds is 3. The van der Waals surface area contributed by atoms with Gasteiger partial charge in [0.2, 0.25) is 5.91 Å². The van der Waals surface area contributed by atoms with E-state index in [0.29, 0.717) is 24.6 Å². The van der Waals surface area contributed by atoms with Gasteiger partial charge in [-0.1, -0.05) is 0 Å². The first-order chi connectivity index (χ1) is 10.5. The van der Waals surface area contributed by atoms with Crippen molar-refractivity contribution in [3.8, 4) is 0 Å². The number of carbonyl (C=O) groups excluding carboxylic acids is 2. The average molecular weight is 301 g/mol. The van der Waals surface area contributed by atoms with E-state index < -0.39 is 0 Å². The van der Waals surface area contributed by atoms with Crippen molar-refractivity contribution in [1.82, 2.24) is 19.2 Å². The molecule has 0 bridgehead atoms. The maximum absolute atomic E-state index is 12.5. The van der Waals surface area contributed by atoms with Crippen molar-refractivity contribution in [2.45, 2.75) is 19.4 Å². The first kappa shape index (κ1) is 14.4. The Balaban J connectivity index is 1.67. The van der Waals surface area contributed by atoms with Crippen molar-refractivity contribution in [1.29, 1.82) is 0 Å². The van der Waals surface area contributed by atoms with Gasteiger partial charge in [0.1, 0.15) is 5.69 Å². The van der Waals surface area contributed by atoms with E-state index in [-0.39, 0.29) is 17.9 Å². The smallest absolute Gasteiger partial charge is 0.270 e. The number of aromatic nitrogens is 3. The lowest BCUT2D eigenvalue weighted by molar-refractivity contribution is -0.114. The minimum absolute atomic E-state index is 0.0456. The summed E-state index contributed by atoms with van der Waals surface area (Å²) in [6.45, 7) is 2.80. The van der Waals surface area contributed by atoms with Crippen LogP contribution in [-0.2, 0) is 11.8 Å². The molecule has 3 rings (SSSR count). The fourth-order valence-corrected chi connectivity index (χ4v) is 2.78. The van der Waals surface area contributed by atoms with Crippen LogP contribution in [-0.4, -0.2) is 44.2 Å². The predicted molar refractivity (Wildman–Crippen MR) is 81.5 cm³/mol. The molecular formula is C15H19N5O2. The van der Waals surface area contributed by atoms with Gasteiger partial charge in [0.15, 0.2) is 5.82 Å². The van der Waals surface area contributed by atoms with E-state index >= 15 is 0 Å². The van der Waals surface area contributed by atoms with Crippen LogP contribution < -0.4 is 5.32 Å². The summed E-state index contributed by atoms with van der Waals surface area (Å²) in [4.78, 5) is 25.4. The standard InChI is InChI=1S/C15H19N5O2/c1-11(21)16-14-6-9-20(17-14)12-5-8-19(10-12)15(22)13-4-3-7-18(13)2/h3-4,6-7,9,12H,5,8,10H2,1-2H3,(H,16,17,21)/t12-/m0/s1. The molecule has 1 N–H and O–H groups in total. The van der Waals surface area contributed by atoms with E-state index in [1.54, 1.807) is 6.07 Å². The lowest BCUT2D eigenvalue weighted by atomic mass is 10.3. The highest BCUT2D eigenvalue weighted by molar-refractivity contribution is 5.93. The third-order valence-electron chi connectivity index (χ3n) is 3.90. The van der Waals surface area contributed by atoms with Crippen LogP contribution in [0.1, 0.15) is 29.9 Å². The highest BCUT2D eigenvalue weighted by Crippen LogP contribution is 2.23. The molecule has 2 aromatic heterocycles. The second-order valence-electron chi connectivity index (χ2n) is 5.56. The van der Waals surface area contributed by atoms with E-state index in [9.17, 15) is 9.59 Å². The molecule has 0 saturated carbocycles. The van der Waals surface area contributed by atoms with Crippen LogP contribution in [0.15, 0.2) is 30.6 Å². The summed E-state index contributed by atoms with van der Waals surface area (Å²) >= 11 is 0. The number of aryl methyl sites for hydroxylation is 1. The van der Waals surface area contributed by atoms with Crippen LogP contribution in [0.2, 0.25) is 0 Å². The molecule has 2 amide bonds. The van der Waals surface area contributed by atoms with Gasteiger partial charge in [0.25, 0.3) is 5.91 Å². The largest absolute Gasteiger partial charge is 0.347 e. The Labute approximate surface area is 128 Å². The van der Waals surface area contributed by atoms with Crippen molar-refractivity contribution < 1.29 is 9.59 Å². The normalized spacial score (nSPS) is 17.7. The number of amides is 2. The number of hydrogen-bond acceptors (Lipinski definition) is 3. The highest BCUT2D eigenvalue weighted by atomic mass is 16.2.